The number of benzene rings is 1. The number of pyridine rings is 1. The molecular weight excluding hydrogens is 370 g/mol. The Balaban J connectivity index is 1.55. The number of rotatable bonds is 6. The highest BCUT2D eigenvalue weighted by molar-refractivity contribution is 8.14. The Bertz CT molecular complexity index is 896. The Labute approximate surface area is 159 Å². The van der Waals surface area contributed by atoms with Crippen LogP contribution >= 0.6 is 11.8 Å². The number of nitrogens with zero attached hydrogens (tertiary/aromatic N) is 2. The van der Waals surface area contributed by atoms with Crippen molar-refractivity contribution in [3.8, 4) is 0 Å². The molecule has 1 atom stereocenters. The second-order valence-corrected chi connectivity index (χ2v) is 6.75. The van der Waals surface area contributed by atoms with Gasteiger partial charge in [-0.15, -0.1) is 0 Å². The van der Waals surface area contributed by atoms with Crippen molar-refractivity contribution in [1.82, 2.24) is 15.2 Å². The summed E-state index contributed by atoms with van der Waals surface area (Å²) in [7, 11) is 0. The molecule has 2 heterocycles. The first kappa shape index (κ1) is 18.8. The van der Waals surface area contributed by atoms with Gasteiger partial charge in [0, 0.05) is 24.7 Å². The summed E-state index contributed by atoms with van der Waals surface area (Å²) in [6.07, 6.45) is 0.546. The highest BCUT2D eigenvalue weighted by Gasteiger charge is 2.29. The van der Waals surface area contributed by atoms with Crippen LogP contribution in [-0.2, 0) is 14.3 Å². The predicted molar refractivity (Wildman–Crippen MR) is 99.2 cm³/mol. The van der Waals surface area contributed by atoms with Gasteiger partial charge in [-0.3, -0.25) is 24.3 Å². The molecule has 9 heteroatoms. The summed E-state index contributed by atoms with van der Waals surface area (Å²) in [6.45, 7) is 1.63. The van der Waals surface area contributed by atoms with E-state index in [4.69, 9.17) is 4.74 Å². The molecule has 1 N–H and O–H groups in total. The Hall–Kier alpha value is -2.94. The van der Waals surface area contributed by atoms with Crippen molar-refractivity contribution >= 4 is 45.7 Å². The molecule has 0 saturated carbocycles. The minimum atomic E-state index is -1.03. The van der Waals surface area contributed by atoms with Gasteiger partial charge in [-0.1, -0.05) is 30.0 Å². The Morgan fingerprint density at radius 2 is 2.07 bits per heavy atom. The highest BCUT2D eigenvalue weighted by atomic mass is 32.2. The van der Waals surface area contributed by atoms with Crippen molar-refractivity contribution in [2.24, 2.45) is 0 Å². The molecule has 0 aliphatic carbocycles. The number of hydrogen-bond acceptors (Lipinski definition) is 7. The molecule has 3 rings (SSSR count). The lowest BCUT2D eigenvalue weighted by atomic mass is 10.1. The summed E-state index contributed by atoms with van der Waals surface area (Å²) in [5, 5.41) is 3.03. The maximum atomic E-state index is 12.4. The van der Waals surface area contributed by atoms with E-state index in [-0.39, 0.29) is 35.6 Å². The number of esters is 1. The smallest absolute Gasteiger partial charge is 0.341 e. The molecule has 0 radical (unpaired) electrons. The number of para-hydroxylation sites is 1. The molecule has 0 spiro atoms. The molecule has 2 aromatic rings. The van der Waals surface area contributed by atoms with Crippen molar-refractivity contribution in [3.63, 3.8) is 0 Å². The van der Waals surface area contributed by atoms with Crippen LogP contribution in [-0.4, -0.2) is 57.9 Å². The molecule has 1 aliphatic rings. The zero-order valence-corrected chi connectivity index (χ0v) is 15.3. The van der Waals surface area contributed by atoms with Gasteiger partial charge in [-0.25, -0.2) is 4.79 Å². The van der Waals surface area contributed by atoms with E-state index >= 15 is 0 Å². The Morgan fingerprint density at radius 3 is 2.81 bits per heavy atom. The Kier molecular flexibility index (Phi) is 5.70. The lowest BCUT2D eigenvalue weighted by Crippen LogP contribution is -2.41. The first-order valence-corrected chi connectivity index (χ1v) is 9.25. The van der Waals surface area contributed by atoms with Crippen LogP contribution in [0.1, 0.15) is 17.3 Å². The highest BCUT2D eigenvalue weighted by Crippen LogP contribution is 2.18. The monoisotopic (exact) mass is 387 g/mol. The third-order valence-electron chi connectivity index (χ3n) is 3.98. The van der Waals surface area contributed by atoms with Gasteiger partial charge in [0.15, 0.2) is 6.10 Å². The van der Waals surface area contributed by atoms with Crippen molar-refractivity contribution in [3.05, 3.63) is 42.1 Å². The maximum Gasteiger partial charge on any atom is 0.341 e. The molecule has 1 saturated heterocycles. The zero-order valence-electron chi connectivity index (χ0n) is 14.5. The van der Waals surface area contributed by atoms with Gasteiger partial charge in [0.1, 0.15) is 0 Å². The molecule has 3 amide bonds. The Morgan fingerprint density at radius 1 is 1.30 bits per heavy atom. The van der Waals surface area contributed by atoms with Crippen LogP contribution in [0.3, 0.4) is 0 Å². The second-order valence-electron chi connectivity index (χ2n) is 5.82. The number of aromatic nitrogens is 1. The van der Waals surface area contributed by atoms with E-state index in [0.717, 1.165) is 22.0 Å². The van der Waals surface area contributed by atoms with Gasteiger partial charge < -0.3 is 10.1 Å². The minimum Gasteiger partial charge on any atom is -0.449 e. The largest absolute Gasteiger partial charge is 0.449 e. The lowest BCUT2D eigenvalue weighted by Gasteiger charge is -2.16. The van der Waals surface area contributed by atoms with Crippen LogP contribution < -0.4 is 5.32 Å². The minimum absolute atomic E-state index is 0.0876. The van der Waals surface area contributed by atoms with E-state index in [1.54, 1.807) is 24.4 Å². The molecule has 1 aromatic carbocycles. The van der Waals surface area contributed by atoms with E-state index in [2.05, 4.69) is 10.3 Å². The van der Waals surface area contributed by atoms with Gasteiger partial charge in [0.2, 0.25) is 5.91 Å². The number of imide groups is 1. The number of amides is 3. The van der Waals surface area contributed by atoms with Crippen molar-refractivity contribution in [2.45, 2.75) is 13.0 Å². The molecule has 0 unspecified atom stereocenters. The summed E-state index contributed by atoms with van der Waals surface area (Å²) in [5.74, 6) is -1.31. The van der Waals surface area contributed by atoms with Crippen molar-refractivity contribution < 1.29 is 23.9 Å². The third kappa shape index (κ3) is 4.25. The van der Waals surface area contributed by atoms with E-state index in [1.165, 1.54) is 6.92 Å². The summed E-state index contributed by atoms with van der Waals surface area (Å²) < 4.78 is 5.23. The van der Waals surface area contributed by atoms with Gasteiger partial charge in [0.25, 0.3) is 11.1 Å². The first-order valence-electron chi connectivity index (χ1n) is 8.27. The fourth-order valence-corrected chi connectivity index (χ4v) is 3.33. The van der Waals surface area contributed by atoms with Crippen LogP contribution in [0.4, 0.5) is 4.79 Å². The van der Waals surface area contributed by atoms with E-state index in [9.17, 15) is 19.2 Å². The summed E-state index contributed by atoms with van der Waals surface area (Å²) in [6, 6.07) is 8.73. The SMILES string of the molecule is C[C@H](OC(=O)c1cccc2cccnc12)C(=O)NCCN1C(=O)CSC1=O. The van der Waals surface area contributed by atoms with Crippen LogP contribution in [0.5, 0.6) is 0 Å². The summed E-state index contributed by atoms with van der Waals surface area (Å²) >= 11 is 0.935. The quantitative estimate of drug-likeness (QED) is 0.750. The standard InChI is InChI=1S/C18H17N3O5S/c1-11(16(23)20-8-9-21-14(22)10-27-18(21)25)26-17(24)13-6-2-4-12-5-3-7-19-15(12)13/h2-7,11H,8-10H2,1H3,(H,20,23)/t11-/m0/s1. The summed E-state index contributed by atoms with van der Waals surface area (Å²) in [4.78, 5) is 52.8. The van der Waals surface area contributed by atoms with Crippen LogP contribution in [0, 0.1) is 0 Å². The average molecular weight is 387 g/mol. The number of carbonyl (C=O) groups excluding carboxylic acids is 4. The molecular formula is C18H17N3O5S. The molecule has 1 aliphatic heterocycles. The number of carbonyl (C=O) groups is 4. The molecule has 1 fully saturated rings. The third-order valence-corrected chi connectivity index (χ3v) is 4.84. The zero-order chi connectivity index (χ0) is 19.4. The van der Waals surface area contributed by atoms with E-state index < -0.39 is 18.0 Å². The van der Waals surface area contributed by atoms with Gasteiger partial charge >= 0.3 is 5.97 Å². The number of fused-ring (bicyclic) bond motifs is 1. The maximum absolute atomic E-state index is 12.4. The summed E-state index contributed by atoms with van der Waals surface area (Å²) in [5.41, 5.74) is 0.777. The number of thioether (sulfide) groups is 1. The molecule has 27 heavy (non-hydrogen) atoms. The van der Waals surface area contributed by atoms with E-state index in [0.29, 0.717) is 5.52 Å². The normalized spacial score (nSPS) is 15.1. The van der Waals surface area contributed by atoms with Crippen molar-refractivity contribution in [1.29, 1.82) is 0 Å². The molecule has 8 nitrogen and oxygen atoms in total. The number of nitrogens with one attached hydrogen (secondary N) is 1. The van der Waals surface area contributed by atoms with Crippen LogP contribution in [0.25, 0.3) is 10.9 Å². The fourth-order valence-electron chi connectivity index (χ4n) is 2.58. The van der Waals surface area contributed by atoms with Crippen molar-refractivity contribution in [2.75, 3.05) is 18.8 Å². The molecule has 0 bridgehead atoms. The second kappa shape index (κ2) is 8.17. The first-order chi connectivity index (χ1) is 13.0. The number of hydrogen-bond donors (Lipinski definition) is 1. The van der Waals surface area contributed by atoms with Gasteiger partial charge in [0.05, 0.1) is 16.8 Å². The van der Waals surface area contributed by atoms with Crippen LogP contribution in [0.2, 0.25) is 0 Å². The van der Waals surface area contributed by atoms with Crippen LogP contribution in [0.15, 0.2) is 36.5 Å². The van der Waals surface area contributed by atoms with Gasteiger partial charge in [-0.05, 0) is 19.1 Å². The van der Waals surface area contributed by atoms with Gasteiger partial charge in [-0.2, -0.15) is 0 Å². The van der Waals surface area contributed by atoms with E-state index in [1.807, 2.05) is 12.1 Å². The number of ether oxygens (including phenoxy) is 1. The average Bonchev–Trinajstić information content (AvgIpc) is 2.99. The predicted octanol–water partition coefficient (Wildman–Crippen LogP) is 1.59. The lowest BCUT2D eigenvalue weighted by molar-refractivity contribution is -0.130. The molecule has 140 valence electrons. The fraction of sp³-hybridized carbons (Fsp3) is 0.278. The molecule has 1 aromatic heterocycles. The topological polar surface area (TPSA) is 106 Å².